The minimum atomic E-state index is 0.000245. The fraction of sp³-hybridized carbons (Fsp3) is 0.192. The number of nitrogens with zero attached hydrogens (tertiary/aromatic N) is 1. The van der Waals surface area contributed by atoms with Crippen LogP contribution in [-0.4, -0.2) is 10.5 Å². The van der Waals surface area contributed by atoms with Crippen LogP contribution in [0.1, 0.15) is 36.1 Å². The van der Waals surface area contributed by atoms with E-state index in [0.717, 1.165) is 21.7 Å². The Kier molecular flexibility index (Phi) is 6.20. The van der Waals surface area contributed by atoms with E-state index in [4.69, 9.17) is 11.6 Å². The lowest BCUT2D eigenvalue weighted by atomic mass is 10.1. The fourth-order valence-corrected chi connectivity index (χ4v) is 4.05. The van der Waals surface area contributed by atoms with Gasteiger partial charge in [-0.1, -0.05) is 78.3 Å². The van der Waals surface area contributed by atoms with Crippen LogP contribution in [-0.2, 0) is 17.8 Å². The summed E-state index contributed by atoms with van der Waals surface area (Å²) in [6.45, 7) is 2.72. The number of amides is 1. The third-order valence-corrected chi connectivity index (χ3v) is 5.84. The van der Waals surface area contributed by atoms with Crippen molar-refractivity contribution >= 4 is 28.4 Å². The molecule has 152 valence electrons. The molecule has 0 saturated carbocycles. The molecule has 0 spiro atoms. The number of hydrogen-bond acceptors (Lipinski definition) is 1. The van der Waals surface area contributed by atoms with Crippen molar-refractivity contribution in [2.75, 3.05) is 0 Å². The van der Waals surface area contributed by atoms with E-state index in [2.05, 4.69) is 34.3 Å². The molecule has 0 saturated heterocycles. The van der Waals surface area contributed by atoms with Crippen molar-refractivity contribution in [2.45, 2.75) is 32.4 Å². The molecule has 1 heterocycles. The van der Waals surface area contributed by atoms with Gasteiger partial charge in [-0.25, -0.2) is 0 Å². The molecule has 1 aromatic heterocycles. The quantitative estimate of drug-likeness (QED) is 0.385. The topological polar surface area (TPSA) is 34.0 Å². The number of benzene rings is 3. The Labute approximate surface area is 182 Å². The van der Waals surface area contributed by atoms with E-state index in [1.807, 2.05) is 67.6 Å². The minimum absolute atomic E-state index is 0.000245. The van der Waals surface area contributed by atoms with E-state index in [1.54, 1.807) is 0 Å². The van der Waals surface area contributed by atoms with Gasteiger partial charge in [0.25, 0.3) is 0 Å². The molecule has 0 fully saturated rings. The molecule has 1 amide bonds. The van der Waals surface area contributed by atoms with Gasteiger partial charge in [0, 0.05) is 35.1 Å². The van der Waals surface area contributed by atoms with Crippen molar-refractivity contribution in [1.82, 2.24) is 9.88 Å². The lowest BCUT2D eigenvalue weighted by Crippen LogP contribution is -2.26. The van der Waals surface area contributed by atoms with Gasteiger partial charge in [-0.15, -0.1) is 0 Å². The number of rotatable bonds is 7. The van der Waals surface area contributed by atoms with Crippen LogP contribution in [0.15, 0.2) is 85.1 Å². The van der Waals surface area contributed by atoms with E-state index in [-0.39, 0.29) is 11.9 Å². The van der Waals surface area contributed by atoms with Crippen molar-refractivity contribution in [2.24, 2.45) is 0 Å². The third kappa shape index (κ3) is 4.58. The Morgan fingerprint density at radius 3 is 2.43 bits per heavy atom. The van der Waals surface area contributed by atoms with Gasteiger partial charge in [0.1, 0.15) is 0 Å². The van der Waals surface area contributed by atoms with Crippen LogP contribution in [0.4, 0.5) is 0 Å². The second-order valence-corrected chi connectivity index (χ2v) is 8.00. The van der Waals surface area contributed by atoms with Crippen molar-refractivity contribution in [3.05, 3.63) is 107 Å². The summed E-state index contributed by atoms with van der Waals surface area (Å²) >= 11 is 6.37. The van der Waals surface area contributed by atoms with E-state index in [0.29, 0.717) is 19.4 Å². The number of fused-ring (bicyclic) bond motifs is 1. The molecule has 3 aromatic carbocycles. The Morgan fingerprint density at radius 2 is 1.63 bits per heavy atom. The van der Waals surface area contributed by atoms with Gasteiger partial charge in [0.2, 0.25) is 5.91 Å². The van der Waals surface area contributed by atoms with Crippen LogP contribution < -0.4 is 5.32 Å². The number of aryl methyl sites for hydroxylation is 1. The Hall–Kier alpha value is -3.04. The molecular formula is C26H25ClN2O. The van der Waals surface area contributed by atoms with Crippen LogP contribution in [0, 0.1) is 0 Å². The van der Waals surface area contributed by atoms with Gasteiger partial charge in [-0.2, -0.15) is 0 Å². The van der Waals surface area contributed by atoms with E-state index >= 15 is 0 Å². The molecule has 30 heavy (non-hydrogen) atoms. The first-order valence-corrected chi connectivity index (χ1v) is 10.6. The van der Waals surface area contributed by atoms with Gasteiger partial charge >= 0.3 is 0 Å². The van der Waals surface area contributed by atoms with Crippen molar-refractivity contribution in [3.8, 4) is 0 Å². The standard InChI is InChI=1S/C26H25ClN2O/c1-19(20-9-3-2-4-10-20)28-26(30)16-15-21-17-29(25-14-8-6-12-23(21)25)18-22-11-5-7-13-24(22)27/h2-14,17,19H,15-16,18H2,1H3,(H,28,30)/t19-/m0/s1. The lowest BCUT2D eigenvalue weighted by Gasteiger charge is -2.14. The van der Waals surface area contributed by atoms with Crippen molar-refractivity contribution in [3.63, 3.8) is 0 Å². The second kappa shape index (κ2) is 9.19. The highest BCUT2D eigenvalue weighted by Gasteiger charge is 2.13. The maximum atomic E-state index is 12.5. The molecule has 4 rings (SSSR count). The van der Waals surface area contributed by atoms with E-state index < -0.39 is 0 Å². The molecule has 0 unspecified atom stereocenters. The predicted molar refractivity (Wildman–Crippen MR) is 124 cm³/mol. The molecule has 4 aromatic rings. The summed E-state index contributed by atoms with van der Waals surface area (Å²) in [6.07, 6.45) is 3.31. The molecule has 0 aliphatic heterocycles. The number of hydrogen-bond donors (Lipinski definition) is 1. The Morgan fingerprint density at radius 1 is 0.933 bits per heavy atom. The third-order valence-electron chi connectivity index (χ3n) is 5.47. The van der Waals surface area contributed by atoms with E-state index in [1.165, 1.54) is 10.9 Å². The van der Waals surface area contributed by atoms with Gasteiger partial charge in [0.15, 0.2) is 0 Å². The highest BCUT2D eigenvalue weighted by molar-refractivity contribution is 6.31. The first-order valence-electron chi connectivity index (χ1n) is 10.3. The maximum absolute atomic E-state index is 12.5. The van der Waals surface area contributed by atoms with Gasteiger partial charge < -0.3 is 9.88 Å². The minimum Gasteiger partial charge on any atom is -0.350 e. The number of aromatic nitrogens is 1. The largest absolute Gasteiger partial charge is 0.350 e. The summed E-state index contributed by atoms with van der Waals surface area (Å²) in [7, 11) is 0. The molecule has 1 atom stereocenters. The van der Waals surface area contributed by atoms with Crippen LogP contribution in [0.2, 0.25) is 5.02 Å². The van der Waals surface area contributed by atoms with Crippen molar-refractivity contribution < 1.29 is 4.79 Å². The van der Waals surface area contributed by atoms with Crippen LogP contribution >= 0.6 is 11.6 Å². The first kappa shape index (κ1) is 20.2. The predicted octanol–water partition coefficient (Wildman–Crippen LogP) is 6.15. The number of carbonyl (C=O) groups excluding carboxylic acids is 1. The lowest BCUT2D eigenvalue weighted by molar-refractivity contribution is -0.121. The van der Waals surface area contributed by atoms with Gasteiger partial charge in [0.05, 0.1) is 6.04 Å². The molecule has 3 nitrogen and oxygen atoms in total. The second-order valence-electron chi connectivity index (χ2n) is 7.59. The highest BCUT2D eigenvalue weighted by Crippen LogP contribution is 2.25. The smallest absolute Gasteiger partial charge is 0.220 e. The summed E-state index contributed by atoms with van der Waals surface area (Å²) < 4.78 is 2.22. The molecule has 0 radical (unpaired) electrons. The van der Waals surface area contributed by atoms with Crippen LogP contribution in [0.25, 0.3) is 10.9 Å². The molecule has 0 aliphatic carbocycles. The SMILES string of the molecule is C[C@H](NC(=O)CCc1cn(Cc2ccccc2Cl)c2ccccc12)c1ccccc1. The summed E-state index contributed by atoms with van der Waals surface area (Å²) in [5, 5.41) is 5.06. The number of nitrogens with one attached hydrogen (secondary N) is 1. The summed E-state index contributed by atoms with van der Waals surface area (Å²) in [6, 6.07) is 26.3. The summed E-state index contributed by atoms with van der Waals surface area (Å²) in [5.41, 5.74) is 4.54. The summed E-state index contributed by atoms with van der Waals surface area (Å²) in [4.78, 5) is 12.5. The van der Waals surface area contributed by atoms with E-state index in [9.17, 15) is 4.79 Å². The van der Waals surface area contributed by atoms with Gasteiger partial charge in [-0.3, -0.25) is 4.79 Å². The molecular weight excluding hydrogens is 392 g/mol. The molecule has 0 aliphatic rings. The zero-order chi connectivity index (χ0) is 20.9. The maximum Gasteiger partial charge on any atom is 0.220 e. The van der Waals surface area contributed by atoms with Crippen LogP contribution in [0.5, 0.6) is 0 Å². The normalized spacial score (nSPS) is 12.1. The average Bonchev–Trinajstić information content (AvgIpc) is 3.12. The summed E-state index contributed by atoms with van der Waals surface area (Å²) in [5.74, 6) is 0.0642. The molecule has 0 bridgehead atoms. The monoisotopic (exact) mass is 416 g/mol. The van der Waals surface area contributed by atoms with Gasteiger partial charge in [-0.05, 0) is 42.2 Å². The molecule has 1 N–H and O–H groups in total. The number of para-hydroxylation sites is 1. The zero-order valence-electron chi connectivity index (χ0n) is 17.0. The van der Waals surface area contributed by atoms with Crippen molar-refractivity contribution in [1.29, 1.82) is 0 Å². The fourth-order valence-electron chi connectivity index (χ4n) is 3.85. The number of halogens is 1. The Bertz CT molecular complexity index is 1150. The zero-order valence-corrected chi connectivity index (χ0v) is 17.8. The first-order chi connectivity index (χ1) is 14.6. The highest BCUT2D eigenvalue weighted by atomic mass is 35.5. The van der Waals surface area contributed by atoms with Crippen LogP contribution in [0.3, 0.4) is 0 Å². The average molecular weight is 417 g/mol. The number of carbonyl (C=O) groups is 1. The Balaban J connectivity index is 1.48. The molecule has 4 heteroatoms.